The molecule has 6 nitrogen and oxygen atoms in total. The average molecular weight is 546 g/mol. The van der Waals surface area contributed by atoms with Crippen molar-refractivity contribution in [3.05, 3.63) is 50.0 Å². The molecule has 0 unspecified atom stereocenters. The van der Waals surface area contributed by atoms with E-state index in [1.807, 2.05) is 50.2 Å². The van der Waals surface area contributed by atoms with Gasteiger partial charge in [0.05, 0.1) is 30.4 Å². The van der Waals surface area contributed by atoms with Crippen molar-refractivity contribution in [1.82, 2.24) is 5.43 Å². The highest BCUT2D eigenvalue weighted by molar-refractivity contribution is 14.1. The Morgan fingerprint density at radius 2 is 1.89 bits per heavy atom. The van der Waals surface area contributed by atoms with E-state index in [9.17, 15) is 4.79 Å². The molecule has 0 bridgehead atoms. The first-order valence-corrected chi connectivity index (χ1v) is 10.3. The van der Waals surface area contributed by atoms with Gasteiger partial charge in [0.2, 0.25) is 0 Å². The van der Waals surface area contributed by atoms with Gasteiger partial charge in [0.25, 0.3) is 5.91 Å². The van der Waals surface area contributed by atoms with E-state index < -0.39 is 0 Å². The van der Waals surface area contributed by atoms with Gasteiger partial charge in [-0.1, -0.05) is 0 Å². The fraction of sp³-hybridized carbons (Fsp3) is 0.263. The topological polar surface area (TPSA) is 72.0 Å². The normalized spacial score (nSPS) is 10.7. The highest BCUT2D eigenvalue weighted by atomic mass is 127. The number of benzene rings is 2. The molecule has 27 heavy (non-hydrogen) atoms. The lowest BCUT2D eigenvalue weighted by Crippen LogP contribution is -2.25. The molecular formula is C19H21BrIN3O3. The Balaban J connectivity index is 1.94. The Bertz CT molecular complexity index is 798. The van der Waals surface area contributed by atoms with Crippen LogP contribution in [-0.2, 0) is 4.79 Å². The van der Waals surface area contributed by atoms with Gasteiger partial charge >= 0.3 is 0 Å². The molecule has 0 aliphatic rings. The van der Waals surface area contributed by atoms with Gasteiger partial charge in [0.15, 0.2) is 11.5 Å². The number of halogens is 2. The van der Waals surface area contributed by atoms with Crippen molar-refractivity contribution >= 4 is 56.3 Å². The van der Waals surface area contributed by atoms with E-state index in [4.69, 9.17) is 9.47 Å². The summed E-state index contributed by atoms with van der Waals surface area (Å²) in [4.78, 5) is 11.9. The van der Waals surface area contributed by atoms with Crippen LogP contribution in [0.1, 0.15) is 19.4 Å². The van der Waals surface area contributed by atoms with Crippen LogP contribution in [0.15, 0.2) is 46.0 Å². The first-order chi connectivity index (χ1) is 13.0. The van der Waals surface area contributed by atoms with E-state index in [1.54, 1.807) is 6.21 Å². The van der Waals surface area contributed by atoms with Gasteiger partial charge in [-0.3, -0.25) is 4.79 Å². The number of hydrogen-bond acceptors (Lipinski definition) is 5. The lowest BCUT2D eigenvalue weighted by Gasteiger charge is -2.13. The fourth-order valence-corrected chi connectivity index (χ4v) is 3.11. The van der Waals surface area contributed by atoms with E-state index in [1.165, 1.54) is 0 Å². The summed E-state index contributed by atoms with van der Waals surface area (Å²) in [6, 6.07) is 11.5. The predicted molar refractivity (Wildman–Crippen MR) is 120 cm³/mol. The molecule has 0 aliphatic heterocycles. The molecule has 0 saturated heterocycles. The minimum Gasteiger partial charge on any atom is -0.490 e. The van der Waals surface area contributed by atoms with Crippen molar-refractivity contribution < 1.29 is 14.3 Å². The number of amides is 1. The van der Waals surface area contributed by atoms with Gasteiger partial charge < -0.3 is 14.8 Å². The summed E-state index contributed by atoms with van der Waals surface area (Å²) in [5, 5.41) is 7.05. The van der Waals surface area contributed by atoms with Crippen LogP contribution in [-0.4, -0.2) is 31.9 Å². The van der Waals surface area contributed by atoms with Crippen LogP contribution in [0.4, 0.5) is 5.69 Å². The summed E-state index contributed by atoms with van der Waals surface area (Å²) in [5.74, 6) is 1.05. The molecule has 0 atom stereocenters. The third kappa shape index (κ3) is 7.02. The minimum atomic E-state index is -0.236. The number of hydrazone groups is 1. The Hall–Kier alpha value is -1.81. The van der Waals surface area contributed by atoms with Crippen LogP contribution in [0.5, 0.6) is 11.5 Å². The molecule has 144 valence electrons. The molecule has 0 heterocycles. The molecule has 2 aromatic rings. The number of hydrogen-bond donors (Lipinski definition) is 2. The second-order valence-electron chi connectivity index (χ2n) is 5.35. The first-order valence-electron chi connectivity index (χ1n) is 8.44. The van der Waals surface area contributed by atoms with E-state index in [0.29, 0.717) is 24.7 Å². The van der Waals surface area contributed by atoms with E-state index >= 15 is 0 Å². The fourth-order valence-electron chi connectivity index (χ4n) is 2.18. The summed E-state index contributed by atoms with van der Waals surface area (Å²) in [6.07, 6.45) is 1.56. The SMILES string of the molecule is CCOc1cc(/C=N\NC(=O)CNc2ccc(I)cc2)cc(Br)c1OCC. The summed E-state index contributed by atoms with van der Waals surface area (Å²) in [6.45, 7) is 5.02. The number of carbonyl (C=O) groups is 1. The summed E-state index contributed by atoms with van der Waals surface area (Å²) in [7, 11) is 0. The van der Waals surface area contributed by atoms with Crippen molar-refractivity contribution in [1.29, 1.82) is 0 Å². The van der Waals surface area contributed by atoms with E-state index in [0.717, 1.165) is 19.3 Å². The van der Waals surface area contributed by atoms with E-state index in [2.05, 4.69) is 54.4 Å². The van der Waals surface area contributed by atoms with Crippen LogP contribution in [0, 0.1) is 3.57 Å². The molecule has 8 heteroatoms. The second-order valence-corrected chi connectivity index (χ2v) is 7.45. The van der Waals surface area contributed by atoms with Crippen molar-refractivity contribution in [2.24, 2.45) is 5.10 Å². The van der Waals surface area contributed by atoms with E-state index in [-0.39, 0.29) is 12.5 Å². The number of carbonyl (C=O) groups excluding carboxylic acids is 1. The van der Waals surface area contributed by atoms with Crippen LogP contribution in [0.25, 0.3) is 0 Å². The molecule has 2 aromatic carbocycles. The van der Waals surface area contributed by atoms with Crippen LogP contribution in [0.2, 0.25) is 0 Å². The second kappa shape index (κ2) is 11.1. The monoisotopic (exact) mass is 545 g/mol. The molecule has 0 fully saturated rings. The Morgan fingerprint density at radius 3 is 2.56 bits per heavy atom. The molecule has 2 rings (SSSR count). The molecule has 0 aliphatic carbocycles. The zero-order chi connectivity index (χ0) is 19.6. The van der Waals surface area contributed by atoms with Crippen molar-refractivity contribution in [3.8, 4) is 11.5 Å². The van der Waals surface area contributed by atoms with Crippen molar-refractivity contribution in [3.63, 3.8) is 0 Å². The maximum atomic E-state index is 11.9. The largest absolute Gasteiger partial charge is 0.490 e. The quantitative estimate of drug-likeness (QED) is 0.278. The molecule has 0 spiro atoms. The molecule has 0 saturated carbocycles. The van der Waals surface area contributed by atoms with Gasteiger partial charge in [0.1, 0.15) is 0 Å². The Labute approximate surface area is 181 Å². The van der Waals surface area contributed by atoms with Crippen LogP contribution >= 0.6 is 38.5 Å². The smallest absolute Gasteiger partial charge is 0.259 e. The number of ether oxygens (including phenoxy) is 2. The average Bonchev–Trinajstić information content (AvgIpc) is 2.64. The minimum absolute atomic E-state index is 0.134. The number of nitrogens with one attached hydrogen (secondary N) is 2. The third-order valence-electron chi connectivity index (χ3n) is 3.32. The standard InChI is InChI=1S/C19H21BrIN3O3/c1-3-26-17-10-13(9-16(20)19(17)27-4-2)11-23-24-18(25)12-22-15-7-5-14(21)6-8-15/h5-11,22H,3-4,12H2,1-2H3,(H,24,25)/b23-11-. The Morgan fingerprint density at radius 1 is 1.19 bits per heavy atom. The Kier molecular flexibility index (Phi) is 8.86. The van der Waals surface area contributed by atoms with Crippen molar-refractivity contribution in [2.45, 2.75) is 13.8 Å². The first kappa shape index (κ1) is 21.5. The predicted octanol–water partition coefficient (Wildman–Crippen LogP) is 4.41. The lowest BCUT2D eigenvalue weighted by molar-refractivity contribution is -0.119. The van der Waals surface area contributed by atoms with Gasteiger partial charge in [-0.15, -0.1) is 0 Å². The molecule has 0 aromatic heterocycles. The highest BCUT2D eigenvalue weighted by Crippen LogP contribution is 2.36. The molecule has 1 amide bonds. The van der Waals surface area contributed by atoms with Crippen LogP contribution < -0.4 is 20.2 Å². The number of rotatable bonds is 9. The summed E-state index contributed by atoms with van der Waals surface area (Å²) < 4.78 is 13.1. The highest BCUT2D eigenvalue weighted by Gasteiger charge is 2.11. The molecule has 2 N–H and O–H groups in total. The van der Waals surface area contributed by atoms with Crippen LogP contribution in [0.3, 0.4) is 0 Å². The summed E-state index contributed by atoms with van der Waals surface area (Å²) >= 11 is 5.71. The molecular weight excluding hydrogens is 525 g/mol. The third-order valence-corrected chi connectivity index (χ3v) is 4.63. The maximum absolute atomic E-state index is 11.9. The van der Waals surface area contributed by atoms with Gasteiger partial charge in [-0.2, -0.15) is 5.10 Å². The van der Waals surface area contributed by atoms with Crippen molar-refractivity contribution in [2.75, 3.05) is 25.1 Å². The van der Waals surface area contributed by atoms with Gasteiger partial charge in [-0.05, 0) is 94.3 Å². The lowest BCUT2D eigenvalue weighted by atomic mass is 10.2. The van der Waals surface area contributed by atoms with Gasteiger partial charge in [0, 0.05) is 9.26 Å². The maximum Gasteiger partial charge on any atom is 0.259 e. The molecule has 0 radical (unpaired) electrons. The number of nitrogens with zero attached hydrogens (tertiary/aromatic N) is 1. The van der Waals surface area contributed by atoms with Gasteiger partial charge in [-0.25, -0.2) is 5.43 Å². The zero-order valence-corrected chi connectivity index (χ0v) is 18.8. The zero-order valence-electron chi connectivity index (χ0n) is 15.1. The summed E-state index contributed by atoms with van der Waals surface area (Å²) in [5.41, 5.74) is 4.16. The number of anilines is 1.